The number of rotatable bonds is 9. The average Bonchev–Trinajstić information content (AvgIpc) is 3.22. The van der Waals surface area contributed by atoms with Crippen molar-refractivity contribution in [3.05, 3.63) is 75.1 Å². The zero-order valence-corrected chi connectivity index (χ0v) is 17.1. The molecule has 1 heterocycles. The first kappa shape index (κ1) is 22.2. The molecule has 1 aromatic heterocycles. The molecule has 0 fully saturated rings. The Morgan fingerprint density at radius 3 is 2.44 bits per heavy atom. The van der Waals surface area contributed by atoms with Crippen LogP contribution in [0.2, 0.25) is 0 Å². The van der Waals surface area contributed by atoms with Gasteiger partial charge in [-0.2, -0.15) is 5.10 Å². The van der Waals surface area contributed by atoms with E-state index < -0.39 is 21.7 Å². The number of aromatic nitrogens is 2. The molecule has 1 unspecified atom stereocenters. The van der Waals surface area contributed by atoms with Gasteiger partial charge in [0.05, 0.1) is 41.2 Å². The molecule has 0 saturated carbocycles. The van der Waals surface area contributed by atoms with Crippen molar-refractivity contribution in [1.29, 1.82) is 0 Å². The van der Waals surface area contributed by atoms with E-state index in [-0.39, 0.29) is 29.4 Å². The fourth-order valence-electron chi connectivity index (χ4n) is 2.83. The van der Waals surface area contributed by atoms with Crippen molar-refractivity contribution in [2.45, 2.75) is 13.5 Å². The molecule has 1 atom stereocenters. The highest BCUT2D eigenvalue weighted by molar-refractivity contribution is 5.92. The second-order valence-corrected chi connectivity index (χ2v) is 6.79. The Bertz CT molecular complexity index is 1160. The fraction of sp³-hybridized carbons (Fsp3) is 0.200. The second-order valence-electron chi connectivity index (χ2n) is 6.79. The van der Waals surface area contributed by atoms with Crippen LogP contribution in [0.25, 0.3) is 0 Å². The Morgan fingerprint density at radius 1 is 1.12 bits per heavy atom. The number of nitro groups is 2. The van der Waals surface area contributed by atoms with Crippen molar-refractivity contribution in [3.63, 3.8) is 0 Å². The first-order chi connectivity index (χ1) is 15.3. The molecular weight excluding hydrogens is 422 g/mol. The number of hydrogen-bond acceptors (Lipinski definition) is 8. The van der Waals surface area contributed by atoms with E-state index in [9.17, 15) is 25.0 Å². The molecule has 32 heavy (non-hydrogen) atoms. The number of ether oxygens (including phenoxy) is 2. The van der Waals surface area contributed by atoms with Gasteiger partial charge >= 0.3 is 5.69 Å². The van der Waals surface area contributed by atoms with E-state index in [0.717, 1.165) is 6.20 Å². The van der Waals surface area contributed by atoms with Crippen molar-refractivity contribution < 1.29 is 24.1 Å². The number of nitrogens with one attached hydrogen (secondary N) is 1. The molecule has 0 spiro atoms. The van der Waals surface area contributed by atoms with E-state index in [0.29, 0.717) is 11.5 Å². The average molecular weight is 441 g/mol. The number of non-ortho nitro benzene ring substituents is 1. The van der Waals surface area contributed by atoms with Gasteiger partial charge in [0.15, 0.2) is 11.5 Å². The molecule has 0 bridgehead atoms. The minimum atomic E-state index is -0.632. The number of anilines is 1. The summed E-state index contributed by atoms with van der Waals surface area (Å²) in [7, 11) is 1.47. The maximum Gasteiger partial charge on any atom is 0.306 e. The largest absolute Gasteiger partial charge is 0.493 e. The summed E-state index contributed by atoms with van der Waals surface area (Å²) in [6.07, 6.45) is 2.31. The van der Waals surface area contributed by atoms with Gasteiger partial charge in [-0.05, 0) is 12.1 Å². The summed E-state index contributed by atoms with van der Waals surface area (Å²) < 4.78 is 12.2. The van der Waals surface area contributed by atoms with E-state index >= 15 is 0 Å². The van der Waals surface area contributed by atoms with Crippen LogP contribution in [0.1, 0.15) is 6.92 Å². The first-order valence-electron chi connectivity index (χ1n) is 9.35. The summed E-state index contributed by atoms with van der Waals surface area (Å²) in [6, 6.07) is 10.7. The third-order valence-electron chi connectivity index (χ3n) is 4.41. The van der Waals surface area contributed by atoms with Gasteiger partial charge in [0, 0.05) is 12.1 Å². The Morgan fingerprint density at radius 2 is 1.81 bits per heavy atom. The summed E-state index contributed by atoms with van der Waals surface area (Å²) in [5.41, 5.74) is -0.301. The lowest BCUT2D eigenvalue weighted by atomic mass is 10.1. The van der Waals surface area contributed by atoms with Gasteiger partial charge in [-0.15, -0.1) is 0 Å². The third-order valence-corrected chi connectivity index (χ3v) is 4.41. The van der Waals surface area contributed by atoms with Gasteiger partial charge in [0.25, 0.3) is 5.69 Å². The monoisotopic (exact) mass is 441 g/mol. The molecule has 12 nitrogen and oxygen atoms in total. The van der Waals surface area contributed by atoms with E-state index in [2.05, 4.69) is 10.4 Å². The normalized spacial score (nSPS) is 11.4. The summed E-state index contributed by atoms with van der Waals surface area (Å²) >= 11 is 0. The Labute approximate surface area is 181 Å². The molecule has 2 aromatic carbocycles. The Hall–Kier alpha value is -4.48. The number of hydrogen-bond donors (Lipinski definition) is 1. The molecular formula is C20H19N5O7. The van der Waals surface area contributed by atoms with Crippen molar-refractivity contribution in [1.82, 2.24) is 9.78 Å². The van der Waals surface area contributed by atoms with Crippen LogP contribution < -0.4 is 14.8 Å². The summed E-state index contributed by atoms with van der Waals surface area (Å²) in [5, 5.41) is 28.6. The van der Waals surface area contributed by atoms with Gasteiger partial charge in [-0.3, -0.25) is 29.7 Å². The van der Waals surface area contributed by atoms with E-state index in [1.807, 2.05) is 0 Å². The Kier molecular flexibility index (Phi) is 6.63. The molecule has 1 N–H and O–H groups in total. The van der Waals surface area contributed by atoms with E-state index in [1.54, 1.807) is 31.2 Å². The smallest absolute Gasteiger partial charge is 0.306 e. The topological polar surface area (TPSA) is 152 Å². The molecule has 3 aromatic rings. The van der Waals surface area contributed by atoms with Gasteiger partial charge in [-0.1, -0.05) is 19.1 Å². The highest BCUT2D eigenvalue weighted by Gasteiger charge is 2.19. The number of nitro benzene ring substituents is 1. The summed E-state index contributed by atoms with van der Waals surface area (Å²) in [6.45, 7) is 1.69. The quantitative estimate of drug-likeness (QED) is 0.389. The molecule has 0 saturated heterocycles. The van der Waals surface area contributed by atoms with Crippen LogP contribution in [0.5, 0.6) is 17.2 Å². The van der Waals surface area contributed by atoms with Gasteiger partial charge in [-0.25, -0.2) is 0 Å². The first-order valence-corrected chi connectivity index (χ1v) is 9.35. The maximum atomic E-state index is 12.6. The predicted molar refractivity (Wildman–Crippen MR) is 113 cm³/mol. The third kappa shape index (κ3) is 5.36. The fourth-order valence-corrected chi connectivity index (χ4v) is 2.83. The molecule has 12 heteroatoms. The van der Waals surface area contributed by atoms with Gasteiger partial charge in [0.2, 0.25) is 5.91 Å². The van der Waals surface area contributed by atoms with Crippen LogP contribution in [-0.2, 0) is 11.3 Å². The van der Waals surface area contributed by atoms with Crippen LogP contribution in [-0.4, -0.2) is 32.6 Å². The SMILES string of the molecule is COc1ccccc1Oc1cc(NC(=O)C(C)Cn2cc([N+](=O)[O-])cn2)cc([N+](=O)[O-])c1. The minimum Gasteiger partial charge on any atom is -0.493 e. The summed E-state index contributed by atoms with van der Waals surface area (Å²) in [4.78, 5) is 33.5. The van der Waals surface area contributed by atoms with Crippen LogP contribution in [0.4, 0.5) is 17.1 Å². The minimum absolute atomic E-state index is 0.0825. The van der Waals surface area contributed by atoms with Gasteiger partial charge < -0.3 is 14.8 Å². The molecule has 0 aliphatic rings. The van der Waals surface area contributed by atoms with E-state index in [4.69, 9.17) is 9.47 Å². The lowest BCUT2D eigenvalue weighted by molar-refractivity contribution is -0.385. The number of benzene rings is 2. The standard InChI is InChI=1S/C20H19N5O7/c1-13(11-23-12-16(10-21-23)25(29)30)20(26)22-14-7-15(24(27)28)9-17(8-14)32-19-6-4-3-5-18(19)31-2/h3-10,12-13H,11H2,1-2H3,(H,22,26). The highest BCUT2D eigenvalue weighted by atomic mass is 16.6. The zero-order valence-electron chi connectivity index (χ0n) is 17.1. The van der Waals surface area contributed by atoms with Crippen LogP contribution >= 0.6 is 0 Å². The van der Waals surface area contributed by atoms with Crippen molar-refractivity contribution in [3.8, 4) is 17.2 Å². The molecule has 0 radical (unpaired) electrons. The summed E-state index contributed by atoms with van der Waals surface area (Å²) in [5.74, 6) is -0.165. The van der Waals surface area contributed by atoms with Crippen LogP contribution in [0.15, 0.2) is 54.9 Å². The predicted octanol–water partition coefficient (Wildman–Crippen LogP) is 3.78. The number of carbonyl (C=O) groups excluding carboxylic acids is 1. The number of amides is 1. The number of carbonyl (C=O) groups is 1. The highest BCUT2D eigenvalue weighted by Crippen LogP contribution is 2.34. The number of nitrogens with zero attached hydrogens (tertiary/aromatic N) is 4. The molecule has 0 aliphatic carbocycles. The lowest BCUT2D eigenvalue weighted by Crippen LogP contribution is -2.24. The van der Waals surface area contributed by atoms with Gasteiger partial charge in [0.1, 0.15) is 18.1 Å². The number of methoxy groups -OCH3 is 1. The molecule has 0 aliphatic heterocycles. The van der Waals surface area contributed by atoms with Crippen LogP contribution in [0, 0.1) is 26.1 Å². The van der Waals surface area contributed by atoms with Crippen molar-refractivity contribution >= 4 is 23.0 Å². The van der Waals surface area contributed by atoms with Crippen LogP contribution in [0.3, 0.4) is 0 Å². The maximum absolute atomic E-state index is 12.6. The molecule has 1 amide bonds. The molecule has 166 valence electrons. The molecule has 3 rings (SSSR count). The Balaban J connectivity index is 1.77. The van der Waals surface area contributed by atoms with E-state index in [1.165, 1.54) is 36.2 Å². The number of para-hydroxylation sites is 2. The van der Waals surface area contributed by atoms with Crippen molar-refractivity contribution in [2.24, 2.45) is 5.92 Å². The zero-order chi connectivity index (χ0) is 23.3. The second kappa shape index (κ2) is 9.55. The van der Waals surface area contributed by atoms with Crippen molar-refractivity contribution in [2.75, 3.05) is 12.4 Å². The lowest BCUT2D eigenvalue weighted by Gasteiger charge is -2.14.